The quantitative estimate of drug-likeness (QED) is 0.781. The minimum atomic E-state index is 0.0859. The lowest BCUT2D eigenvalue weighted by Crippen LogP contribution is -2.10. The highest BCUT2D eigenvalue weighted by molar-refractivity contribution is 5.50. The molecule has 0 aliphatic heterocycles. The van der Waals surface area contributed by atoms with E-state index >= 15 is 0 Å². The van der Waals surface area contributed by atoms with Crippen LogP contribution < -0.4 is 14.8 Å². The molecule has 0 bridgehead atoms. The fourth-order valence-corrected chi connectivity index (χ4v) is 2.35. The Labute approximate surface area is 138 Å². The lowest BCUT2D eigenvalue weighted by atomic mass is 10.1. The van der Waals surface area contributed by atoms with Crippen molar-refractivity contribution in [2.24, 2.45) is 0 Å². The van der Waals surface area contributed by atoms with Crippen LogP contribution in [-0.4, -0.2) is 24.9 Å². The van der Waals surface area contributed by atoms with Gasteiger partial charge >= 0.3 is 0 Å². The molecule has 0 aromatic heterocycles. The van der Waals surface area contributed by atoms with Gasteiger partial charge in [0, 0.05) is 24.4 Å². The van der Waals surface area contributed by atoms with Gasteiger partial charge in [0.1, 0.15) is 0 Å². The summed E-state index contributed by atoms with van der Waals surface area (Å²) in [6.45, 7) is 4.83. The third kappa shape index (κ3) is 4.89. The molecule has 23 heavy (non-hydrogen) atoms. The van der Waals surface area contributed by atoms with E-state index in [-0.39, 0.29) is 12.7 Å². The molecule has 4 nitrogen and oxygen atoms in total. The van der Waals surface area contributed by atoms with Crippen LogP contribution in [0, 0.1) is 0 Å². The van der Waals surface area contributed by atoms with E-state index in [2.05, 4.69) is 5.32 Å². The molecule has 0 aliphatic carbocycles. The molecule has 0 heterocycles. The number of rotatable bonds is 8. The van der Waals surface area contributed by atoms with Crippen LogP contribution in [0.25, 0.3) is 0 Å². The maximum absolute atomic E-state index is 8.95. The fraction of sp³-hybridized carbons (Fsp3) is 0.368. The van der Waals surface area contributed by atoms with E-state index in [1.54, 1.807) is 7.11 Å². The Morgan fingerprint density at radius 2 is 1.83 bits per heavy atom. The van der Waals surface area contributed by atoms with Crippen LogP contribution in [0.1, 0.15) is 25.0 Å². The summed E-state index contributed by atoms with van der Waals surface area (Å²) < 4.78 is 11.3. The van der Waals surface area contributed by atoms with Crippen LogP contribution in [0.3, 0.4) is 0 Å². The van der Waals surface area contributed by atoms with Crippen molar-refractivity contribution in [3.05, 3.63) is 53.6 Å². The summed E-state index contributed by atoms with van der Waals surface area (Å²) in [5, 5.41) is 12.3. The van der Waals surface area contributed by atoms with Crippen molar-refractivity contribution in [1.82, 2.24) is 0 Å². The standard InChI is InChI=1S/C19H25NO3/c1-14(2)23-19-16(5-4-6-18(19)22-3)13-20-17-9-7-15(8-10-17)11-12-21/h4-10,14,20-21H,11-13H2,1-3H3. The van der Waals surface area contributed by atoms with Gasteiger partial charge in [-0.15, -0.1) is 0 Å². The SMILES string of the molecule is COc1cccc(CNc2ccc(CCO)cc2)c1OC(C)C. The van der Waals surface area contributed by atoms with Crippen molar-refractivity contribution >= 4 is 5.69 Å². The highest BCUT2D eigenvalue weighted by atomic mass is 16.5. The van der Waals surface area contributed by atoms with Gasteiger partial charge < -0.3 is 19.9 Å². The average molecular weight is 315 g/mol. The van der Waals surface area contributed by atoms with Gasteiger partial charge in [-0.2, -0.15) is 0 Å². The minimum Gasteiger partial charge on any atom is -0.493 e. The Kier molecular flexibility index (Phi) is 6.29. The maximum Gasteiger partial charge on any atom is 0.166 e. The van der Waals surface area contributed by atoms with E-state index in [9.17, 15) is 0 Å². The molecular weight excluding hydrogens is 290 g/mol. The smallest absolute Gasteiger partial charge is 0.166 e. The van der Waals surface area contributed by atoms with Crippen molar-refractivity contribution in [3.8, 4) is 11.5 Å². The summed E-state index contributed by atoms with van der Waals surface area (Å²) in [5.74, 6) is 1.53. The van der Waals surface area contributed by atoms with E-state index in [0.717, 1.165) is 28.3 Å². The van der Waals surface area contributed by atoms with Gasteiger partial charge in [0.2, 0.25) is 0 Å². The first-order valence-electron chi connectivity index (χ1n) is 7.90. The first-order valence-corrected chi connectivity index (χ1v) is 7.90. The monoisotopic (exact) mass is 315 g/mol. The number of ether oxygens (including phenoxy) is 2. The van der Waals surface area contributed by atoms with Crippen LogP contribution in [-0.2, 0) is 13.0 Å². The van der Waals surface area contributed by atoms with Crippen LogP contribution >= 0.6 is 0 Å². The zero-order chi connectivity index (χ0) is 16.7. The van der Waals surface area contributed by atoms with Crippen LogP contribution in [0.15, 0.2) is 42.5 Å². The molecule has 2 N–H and O–H groups in total. The normalized spacial score (nSPS) is 10.7. The number of methoxy groups -OCH3 is 1. The average Bonchev–Trinajstić information content (AvgIpc) is 2.55. The van der Waals surface area contributed by atoms with E-state index < -0.39 is 0 Å². The molecule has 0 amide bonds. The van der Waals surface area contributed by atoms with Crippen molar-refractivity contribution in [2.45, 2.75) is 32.9 Å². The van der Waals surface area contributed by atoms with Gasteiger partial charge in [-0.3, -0.25) is 0 Å². The Balaban J connectivity index is 2.10. The van der Waals surface area contributed by atoms with Crippen molar-refractivity contribution in [1.29, 1.82) is 0 Å². The number of aliphatic hydroxyl groups is 1. The third-order valence-electron chi connectivity index (χ3n) is 3.47. The lowest BCUT2D eigenvalue weighted by Gasteiger charge is -2.18. The highest BCUT2D eigenvalue weighted by Crippen LogP contribution is 2.32. The number of nitrogens with one attached hydrogen (secondary N) is 1. The molecule has 0 unspecified atom stereocenters. The Morgan fingerprint density at radius 3 is 2.43 bits per heavy atom. The number of aliphatic hydroxyl groups excluding tert-OH is 1. The van der Waals surface area contributed by atoms with Crippen molar-refractivity contribution < 1.29 is 14.6 Å². The van der Waals surface area contributed by atoms with Crippen LogP contribution in [0.2, 0.25) is 0 Å². The third-order valence-corrected chi connectivity index (χ3v) is 3.47. The van der Waals surface area contributed by atoms with Crippen molar-refractivity contribution in [3.63, 3.8) is 0 Å². The number of para-hydroxylation sites is 1. The first-order chi connectivity index (χ1) is 11.1. The van der Waals surface area contributed by atoms with E-state index in [1.165, 1.54) is 0 Å². The lowest BCUT2D eigenvalue weighted by molar-refractivity contribution is 0.228. The van der Waals surface area contributed by atoms with Gasteiger partial charge in [-0.1, -0.05) is 24.3 Å². The summed E-state index contributed by atoms with van der Waals surface area (Å²) in [4.78, 5) is 0. The fourth-order valence-electron chi connectivity index (χ4n) is 2.35. The van der Waals surface area contributed by atoms with Crippen molar-refractivity contribution in [2.75, 3.05) is 19.0 Å². The Hall–Kier alpha value is -2.20. The summed E-state index contributed by atoms with van der Waals surface area (Å²) in [5.41, 5.74) is 3.21. The predicted octanol–water partition coefficient (Wildman–Crippen LogP) is 3.63. The van der Waals surface area contributed by atoms with Crippen LogP contribution in [0.5, 0.6) is 11.5 Å². The maximum atomic E-state index is 8.95. The zero-order valence-corrected chi connectivity index (χ0v) is 14.0. The molecule has 0 aliphatic rings. The molecule has 0 radical (unpaired) electrons. The molecule has 4 heteroatoms. The summed E-state index contributed by atoms with van der Waals surface area (Å²) in [6, 6.07) is 14.0. The Bertz CT molecular complexity index is 609. The summed E-state index contributed by atoms with van der Waals surface area (Å²) in [6.07, 6.45) is 0.769. The first kappa shape index (κ1) is 17.2. The number of hydrogen-bond donors (Lipinski definition) is 2. The predicted molar refractivity (Wildman–Crippen MR) is 93.3 cm³/mol. The second-order valence-electron chi connectivity index (χ2n) is 5.64. The largest absolute Gasteiger partial charge is 0.493 e. The van der Waals surface area contributed by atoms with Crippen LogP contribution in [0.4, 0.5) is 5.69 Å². The molecule has 2 aromatic rings. The van der Waals surface area contributed by atoms with E-state index in [0.29, 0.717) is 13.0 Å². The molecule has 2 rings (SSSR count). The van der Waals surface area contributed by atoms with Gasteiger partial charge in [-0.25, -0.2) is 0 Å². The molecular formula is C19H25NO3. The summed E-state index contributed by atoms with van der Waals surface area (Å²) in [7, 11) is 1.65. The minimum absolute atomic E-state index is 0.0859. The van der Waals surface area contributed by atoms with Gasteiger partial charge in [0.05, 0.1) is 13.2 Å². The molecule has 2 aromatic carbocycles. The van der Waals surface area contributed by atoms with E-state index in [4.69, 9.17) is 14.6 Å². The second-order valence-corrected chi connectivity index (χ2v) is 5.64. The molecule has 0 spiro atoms. The zero-order valence-electron chi connectivity index (χ0n) is 14.0. The number of benzene rings is 2. The topological polar surface area (TPSA) is 50.7 Å². The molecule has 0 saturated heterocycles. The van der Waals surface area contributed by atoms with Gasteiger partial charge in [0.15, 0.2) is 11.5 Å². The Morgan fingerprint density at radius 1 is 1.09 bits per heavy atom. The summed E-state index contributed by atoms with van der Waals surface area (Å²) >= 11 is 0. The molecule has 0 atom stereocenters. The van der Waals surface area contributed by atoms with E-state index in [1.807, 2.05) is 56.3 Å². The van der Waals surface area contributed by atoms with Gasteiger partial charge in [0.25, 0.3) is 0 Å². The number of anilines is 1. The van der Waals surface area contributed by atoms with Gasteiger partial charge in [-0.05, 0) is 44.0 Å². The molecule has 0 saturated carbocycles. The molecule has 124 valence electrons. The molecule has 0 fully saturated rings. The number of hydrogen-bond acceptors (Lipinski definition) is 4. The second kappa shape index (κ2) is 8.44. The highest BCUT2D eigenvalue weighted by Gasteiger charge is 2.12.